The highest BCUT2D eigenvalue weighted by molar-refractivity contribution is 6.39. The van der Waals surface area contributed by atoms with Crippen molar-refractivity contribution in [3.8, 4) is 11.5 Å². The summed E-state index contributed by atoms with van der Waals surface area (Å²) >= 11 is 6.04. The van der Waals surface area contributed by atoms with E-state index in [1.54, 1.807) is 42.5 Å². The summed E-state index contributed by atoms with van der Waals surface area (Å²) in [6, 6.07) is 10.4. The maximum atomic E-state index is 12.9. The molecule has 28 heavy (non-hydrogen) atoms. The molecule has 0 aliphatic carbocycles. The predicted octanol–water partition coefficient (Wildman–Crippen LogP) is 3.41. The van der Waals surface area contributed by atoms with Crippen LogP contribution >= 0.6 is 11.6 Å². The van der Waals surface area contributed by atoms with Crippen molar-refractivity contribution in [3.63, 3.8) is 0 Å². The number of ether oxygens (including phenoxy) is 2. The highest BCUT2D eigenvalue weighted by Gasteiger charge is 2.36. The molecule has 1 saturated heterocycles. The number of imide groups is 2. The van der Waals surface area contributed by atoms with Crippen LogP contribution in [0.4, 0.5) is 10.5 Å². The van der Waals surface area contributed by atoms with Gasteiger partial charge in [-0.25, -0.2) is 9.69 Å². The zero-order valence-electron chi connectivity index (χ0n) is 15.2. The van der Waals surface area contributed by atoms with E-state index in [0.717, 1.165) is 4.90 Å². The SMILES string of the molecule is CCOc1ccc(N2C(=O)NC(=O)/C(=C\c3cc(Cl)cc(OC)c3)C2=O)cc1. The summed E-state index contributed by atoms with van der Waals surface area (Å²) < 4.78 is 10.5. The van der Waals surface area contributed by atoms with E-state index in [-0.39, 0.29) is 5.57 Å². The van der Waals surface area contributed by atoms with E-state index in [4.69, 9.17) is 21.1 Å². The number of benzene rings is 2. The lowest BCUT2D eigenvalue weighted by Crippen LogP contribution is -2.54. The Bertz CT molecular complexity index is 969. The molecule has 144 valence electrons. The predicted molar refractivity (Wildman–Crippen MR) is 105 cm³/mol. The molecule has 4 amide bonds. The molecule has 0 aromatic heterocycles. The molecule has 1 aliphatic rings. The average molecular weight is 401 g/mol. The Morgan fingerprint density at radius 3 is 2.43 bits per heavy atom. The zero-order valence-corrected chi connectivity index (χ0v) is 15.9. The summed E-state index contributed by atoms with van der Waals surface area (Å²) in [5, 5.41) is 2.56. The Morgan fingerprint density at radius 1 is 1.07 bits per heavy atom. The second-order valence-electron chi connectivity index (χ2n) is 5.81. The number of nitrogens with one attached hydrogen (secondary N) is 1. The highest BCUT2D eigenvalue weighted by Crippen LogP contribution is 2.26. The Hall–Kier alpha value is -3.32. The number of halogens is 1. The third kappa shape index (κ3) is 3.99. The number of hydrogen-bond acceptors (Lipinski definition) is 5. The third-order valence-electron chi connectivity index (χ3n) is 3.95. The van der Waals surface area contributed by atoms with Crippen LogP contribution in [0.15, 0.2) is 48.0 Å². The van der Waals surface area contributed by atoms with E-state index in [1.807, 2.05) is 6.92 Å². The molecule has 2 aromatic rings. The molecule has 1 heterocycles. The first kappa shape index (κ1) is 19.4. The molecule has 0 radical (unpaired) electrons. The quantitative estimate of drug-likeness (QED) is 0.614. The molecule has 2 aromatic carbocycles. The lowest BCUT2D eigenvalue weighted by Gasteiger charge is -2.26. The monoisotopic (exact) mass is 400 g/mol. The molecule has 0 atom stereocenters. The van der Waals surface area contributed by atoms with Crippen molar-refractivity contribution in [2.24, 2.45) is 0 Å². The van der Waals surface area contributed by atoms with Gasteiger partial charge in [0.1, 0.15) is 17.1 Å². The van der Waals surface area contributed by atoms with Crippen LogP contribution in [-0.2, 0) is 9.59 Å². The summed E-state index contributed by atoms with van der Waals surface area (Å²) in [5.41, 5.74) is 0.606. The van der Waals surface area contributed by atoms with Gasteiger partial charge in [0.25, 0.3) is 11.8 Å². The van der Waals surface area contributed by atoms with Crippen LogP contribution in [0.3, 0.4) is 0 Å². The maximum Gasteiger partial charge on any atom is 0.335 e. The molecule has 0 saturated carbocycles. The van der Waals surface area contributed by atoms with Crippen molar-refractivity contribution in [2.45, 2.75) is 6.92 Å². The van der Waals surface area contributed by atoms with Gasteiger partial charge in [0, 0.05) is 5.02 Å². The molecule has 1 N–H and O–H groups in total. The van der Waals surface area contributed by atoms with Gasteiger partial charge in [0.05, 0.1) is 19.4 Å². The number of carbonyl (C=O) groups excluding carboxylic acids is 3. The number of urea groups is 1. The number of barbiturate groups is 1. The van der Waals surface area contributed by atoms with Crippen LogP contribution in [0, 0.1) is 0 Å². The minimum atomic E-state index is -0.819. The number of methoxy groups -OCH3 is 1. The van der Waals surface area contributed by atoms with Crippen LogP contribution < -0.4 is 19.7 Å². The summed E-state index contributed by atoms with van der Waals surface area (Å²) in [6.45, 7) is 2.34. The van der Waals surface area contributed by atoms with Gasteiger partial charge < -0.3 is 9.47 Å². The molecular formula is C20H17ClN2O5. The summed E-state index contributed by atoms with van der Waals surface area (Å²) in [4.78, 5) is 38.3. The standard InChI is InChI=1S/C20H17ClN2O5/c1-3-28-15-6-4-14(5-7-15)23-19(25)17(18(24)22-20(23)26)10-12-8-13(21)11-16(9-12)27-2/h4-11H,3H2,1-2H3,(H,22,24,26)/b17-10+. The molecule has 1 fully saturated rings. The highest BCUT2D eigenvalue weighted by atomic mass is 35.5. The second-order valence-corrected chi connectivity index (χ2v) is 6.25. The Labute approximate surface area is 166 Å². The number of carbonyl (C=O) groups is 3. The number of rotatable bonds is 5. The van der Waals surface area contributed by atoms with Gasteiger partial charge in [-0.3, -0.25) is 14.9 Å². The van der Waals surface area contributed by atoms with Gasteiger partial charge in [-0.1, -0.05) is 11.6 Å². The minimum Gasteiger partial charge on any atom is -0.497 e. The number of nitrogens with zero attached hydrogens (tertiary/aromatic N) is 1. The van der Waals surface area contributed by atoms with E-state index < -0.39 is 17.8 Å². The number of amides is 4. The minimum absolute atomic E-state index is 0.196. The number of hydrogen-bond donors (Lipinski definition) is 1. The lowest BCUT2D eigenvalue weighted by molar-refractivity contribution is -0.122. The first-order valence-corrected chi connectivity index (χ1v) is 8.79. The average Bonchev–Trinajstić information content (AvgIpc) is 2.66. The largest absolute Gasteiger partial charge is 0.497 e. The summed E-state index contributed by atoms with van der Waals surface area (Å²) in [5.74, 6) is -0.440. The van der Waals surface area contributed by atoms with Crippen molar-refractivity contribution in [1.29, 1.82) is 0 Å². The van der Waals surface area contributed by atoms with Crippen LogP contribution in [-0.4, -0.2) is 31.6 Å². The van der Waals surface area contributed by atoms with Gasteiger partial charge in [-0.05, 0) is 61.0 Å². The molecule has 1 aliphatic heterocycles. The van der Waals surface area contributed by atoms with E-state index in [0.29, 0.717) is 34.4 Å². The van der Waals surface area contributed by atoms with Crippen molar-refractivity contribution < 1.29 is 23.9 Å². The molecule has 0 unspecified atom stereocenters. The van der Waals surface area contributed by atoms with E-state index in [2.05, 4.69) is 5.32 Å². The molecule has 0 spiro atoms. The molecule has 3 rings (SSSR count). The second kappa shape index (κ2) is 8.14. The van der Waals surface area contributed by atoms with Crippen molar-refractivity contribution in [1.82, 2.24) is 5.32 Å². The fraction of sp³-hybridized carbons (Fsp3) is 0.150. The fourth-order valence-corrected chi connectivity index (χ4v) is 2.94. The first-order chi connectivity index (χ1) is 13.4. The Morgan fingerprint density at radius 2 is 1.79 bits per heavy atom. The summed E-state index contributed by atoms with van der Waals surface area (Å²) in [6.07, 6.45) is 1.36. The van der Waals surface area contributed by atoms with Gasteiger partial charge in [0.15, 0.2) is 0 Å². The van der Waals surface area contributed by atoms with Gasteiger partial charge in [0.2, 0.25) is 0 Å². The van der Waals surface area contributed by atoms with Gasteiger partial charge in [-0.2, -0.15) is 0 Å². The van der Waals surface area contributed by atoms with Crippen molar-refractivity contribution in [2.75, 3.05) is 18.6 Å². The summed E-state index contributed by atoms with van der Waals surface area (Å²) in [7, 11) is 1.48. The van der Waals surface area contributed by atoms with Crippen LogP contribution in [0.1, 0.15) is 12.5 Å². The molecule has 0 bridgehead atoms. The maximum absolute atomic E-state index is 12.9. The number of anilines is 1. The smallest absolute Gasteiger partial charge is 0.335 e. The Kier molecular flexibility index (Phi) is 5.65. The van der Waals surface area contributed by atoms with E-state index in [9.17, 15) is 14.4 Å². The Balaban J connectivity index is 1.97. The fourth-order valence-electron chi connectivity index (χ4n) is 2.70. The van der Waals surface area contributed by atoms with Crippen molar-refractivity contribution in [3.05, 3.63) is 58.6 Å². The van der Waals surface area contributed by atoms with Gasteiger partial charge in [-0.15, -0.1) is 0 Å². The van der Waals surface area contributed by atoms with Crippen molar-refractivity contribution >= 4 is 41.2 Å². The topological polar surface area (TPSA) is 84.9 Å². The van der Waals surface area contributed by atoms with E-state index >= 15 is 0 Å². The molecular weight excluding hydrogens is 384 g/mol. The molecule has 7 nitrogen and oxygen atoms in total. The first-order valence-electron chi connectivity index (χ1n) is 8.42. The van der Waals surface area contributed by atoms with Crippen LogP contribution in [0.2, 0.25) is 5.02 Å². The lowest BCUT2D eigenvalue weighted by atomic mass is 10.1. The molecule has 8 heteroatoms. The van der Waals surface area contributed by atoms with Gasteiger partial charge >= 0.3 is 6.03 Å². The van der Waals surface area contributed by atoms with Crippen LogP contribution in [0.25, 0.3) is 6.08 Å². The normalized spacial score (nSPS) is 15.6. The third-order valence-corrected chi connectivity index (χ3v) is 4.17. The van der Waals surface area contributed by atoms with Crippen LogP contribution in [0.5, 0.6) is 11.5 Å². The zero-order chi connectivity index (χ0) is 20.3. The van der Waals surface area contributed by atoms with E-state index in [1.165, 1.54) is 13.2 Å².